The third-order valence-corrected chi connectivity index (χ3v) is 1.24. The number of carboxylic acid groups (broad SMARTS) is 1. The van der Waals surface area contributed by atoms with Gasteiger partial charge in [0.05, 0.1) is 0 Å². The van der Waals surface area contributed by atoms with Crippen LogP contribution < -0.4 is 0 Å². The van der Waals surface area contributed by atoms with Crippen LogP contribution in [0.2, 0.25) is 5.28 Å². The highest BCUT2D eigenvalue weighted by molar-refractivity contribution is 6.39. The van der Waals surface area contributed by atoms with Gasteiger partial charge >= 0.3 is 5.97 Å². The Kier molecular flexibility index (Phi) is 2.35. The lowest BCUT2D eigenvalue weighted by Crippen LogP contribution is -2.14. The molecule has 5 nitrogen and oxygen atoms in total. The number of aliphatic carboxylic acids is 1. The van der Waals surface area contributed by atoms with E-state index < -0.39 is 11.8 Å². The summed E-state index contributed by atoms with van der Waals surface area (Å²) in [6, 6.07) is 1.18. The molecular weight excluding hydrogens is 184 g/mol. The van der Waals surface area contributed by atoms with Gasteiger partial charge in [-0.25, -0.2) is 14.8 Å². The molecule has 6 heteroatoms. The van der Waals surface area contributed by atoms with E-state index >= 15 is 0 Å². The molecule has 1 N–H and O–H groups in total. The van der Waals surface area contributed by atoms with E-state index in [0.717, 1.165) is 0 Å². The Bertz CT molecular complexity index is 339. The number of carbonyl (C=O) groups excluding carboxylic acids is 1. The molecule has 0 saturated carbocycles. The first kappa shape index (κ1) is 8.61. The number of carbonyl (C=O) groups is 2. The van der Waals surface area contributed by atoms with Gasteiger partial charge in [-0.1, -0.05) is 0 Å². The Morgan fingerprint density at radius 2 is 2.17 bits per heavy atom. The Morgan fingerprint density at radius 3 is 2.67 bits per heavy atom. The van der Waals surface area contributed by atoms with Gasteiger partial charge in [0.2, 0.25) is 5.28 Å². The van der Waals surface area contributed by atoms with Crippen LogP contribution in [-0.4, -0.2) is 26.8 Å². The third-order valence-electron chi connectivity index (χ3n) is 1.05. The van der Waals surface area contributed by atoms with Crippen LogP contribution in [0, 0.1) is 0 Å². The summed E-state index contributed by atoms with van der Waals surface area (Å²) in [5.41, 5.74) is -0.220. The molecule has 0 aliphatic heterocycles. The fourth-order valence-corrected chi connectivity index (χ4v) is 0.718. The predicted molar refractivity (Wildman–Crippen MR) is 39.0 cm³/mol. The SMILES string of the molecule is O=C(O)C(=O)c1ccnc(Cl)n1. The van der Waals surface area contributed by atoms with Crippen molar-refractivity contribution in [2.75, 3.05) is 0 Å². The number of ketones is 1. The average Bonchev–Trinajstić information content (AvgIpc) is 2.03. The molecule has 0 amide bonds. The summed E-state index contributed by atoms with van der Waals surface area (Å²) in [7, 11) is 0. The van der Waals surface area contributed by atoms with E-state index in [0.29, 0.717) is 0 Å². The number of hydrogen-bond donors (Lipinski definition) is 1. The molecule has 0 aliphatic rings. The van der Waals surface area contributed by atoms with Crippen molar-refractivity contribution in [3.05, 3.63) is 23.2 Å². The average molecular weight is 187 g/mol. The van der Waals surface area contributed by atoms with Gasteiger partial charge in [-0.2, -0.15) is 0 Å². The van der Waals surface area contributed by atoms with Crippen molar-refractivity contribution >= 4 is 23.4 Å². The van der Waals surface area contributed by atoms with Crippen LogP contribution in [0.15, 0.2) is 12.3 Å². The third kappa shape index (κ3) is 1.76. The fourth-order valence-electron chi connectivity index (χ4n) is 0.571. The van der Waals surface area contributed by atoms with Crippen LogP contribution in [-0.2, 0) is 4.79 Å². The first-order valence-corrected chi connectivity index (χ1v) is 3.25. The number of aromatic nitrogens is 2. The van der Waals surface area contributed by atoms with E-state index in [-0.39, 0.29) is 11.0 Å². The van der Waals surface area contributed by atoms with Crippen molar-refractivity contribution in [3.63, 3.8) is 0 Å². The molecular formula is C6H3ClN2O3. The zero-order valence-electron chi connectivity index (χ0n) is 5.69. The zero-order chi connectivity index (χ0) is 9.14. The number of carboxylic acids is 1. The standard InChI is InChI=1S/C6H3ClN2O3/c7-6-8-2-1-3(9-6)4(10)5(11)12/h1-2H,(H,11,12). The van der Waals surface area contributed by atoms with E-state index in [2.05, 4.69) is 9.97 Å². The second-order valence-electron chi connectivity index (χ2n) is 1.85. The molecule has 0 radical (unpaired) electrons. The molecule has 1 heterocycles. The zero-order valence-corrected chi connectivity index (χ0v) is 6.45. The van der Waals surface area contributed by atoms with Crippen LogP contribution in [0.3, 0.4) is 0 Å². The highest BCUT2D eigenvalue weighted by Gasteiger charge is 2.15. The first-order valence-electron chi connectivity index (χ1n) is 2.87. The van der Waals surface area contributed by atoms with Gasteiger partial charge in [0.1, 0.15) is 5.69 Å². The minimum atomic E-state index is -1.57. The summed E-state index contributed by atoms with van der Waals surface area (Å²) >= 11 is 5.33. The highest BCUT2D eigenvalue weighted by Crippen LogP contribution is 2.01. The van der Waals surface area contributed by atoms with Gasteiger partial charge in [0, 0.05) is 6.20 Å². The number of nitrogens with zero attached hydrogens (tertiary/aromatic N) is 2. The van der Waals surface area contributed by atoms with Gasteiger partial charge in [0.25, 0.3) is 5.78 Å². The topological polar surface area (TPSA) is 80.1 Å². The fraction of sp³-hybridized carbons (Fsp3) is 0. The minimum Gasteiger partial charge on any atom is -0.475 e. The molecule has 0 saturated heterocycles. The lowest BCUT2D eigenvalue weighted by atomic mass is 10.3. The van der Waals surface area contributed by atoms with Crippen molar-refractivity contribution in [2.45, 2.75) is 0 Å². The Morgan fingerprint density at radius 1 is 1.50 bits per heavy atom. The summed E-state index contributed by atoms with van der Waals surface area (Å²) in [5, 5.41) is 8.12. The molecule has 1 aromatic rings. The van der Waals surface area contributed by atoms with Crippen LogP contribution in [0.1, 0.15) is 10.5 Å². The first-order chi connectivity index (χ1) is 5.61. The maximum atomic E-state index is 10.7. The van der Waals surface area contributed by atoms with Gasteiger partial charge in [0.15, 0.2) is 0 Å². The van der Waals surface area contributed by atoms with Crippen molar-refractivity contribution < 1.29 is 14.7 Å². The molecule has 62 valence electrons. The van der Waals surface area contributed by atoms with E-state index in [1.165, 1.54) is 12.3 Å². The van der Waals surface area contributed by atoms with E-state index in [1.807, 2.05) is 0 Å². The van der Waals surface area contributed by atoms with E-state index in [9.17, 15) is 9.59 Å². The minimum absolute atomic E-state index is 0.151. The van der Waals surface area contributed by atoms with Gasteiger partial charge in [-0.05, 0) is 17.7 Å². The monoisotopic (exact) mass is 186 g/mol. The highest BCUT2D eigenvalue weighted by atomic mass is 35.5. The van der Waals surface area contributed by atoms with Crippen molar-refractivity contribution in [3.8, 4) is 0 Å². The Hall–Kier alpha value is -1.49. The van der Waals surface area contributed by atoms with Gasteiger partial charge in [-0.3, -0.25) is 4.79 Å². The van der Waals surface area contributed by atoms with Crippen molar-refractivity contribution in [2.24, 2.45) is 0 Å². The summed E-state index contributed by atoms with van der Waals surface area (Å²) in [6.45, 7) is 0. The van der Waals surface area contributed by atoms with Crippen molar-refractivity contribution in [1.82, 2.24) is 9.97 Å². The van der Waals surface area contributed by atoms with E-state index in [1.54, 1.807) is 0 Å². The van der Waals surface area contributed by atoms with Crippen LogP contribution in [0.25, 0.3) is 0 Å². The molecule has 1 rings (SSSR count). The summed E-state index contributed by atoms with van der Waals surface area (Å²) in [5.74, 6) is -2.66. The normalized spacial score (nSPS) is 9.42. The molecule has 0 aromatic carbocycles. The molecule has 0 aliphatic carbocycles. The smallest absolute Gasteiger partial charge is 0.378 e. The largest absolute Gasteiger partial charge is 0.475 e. The Balaban J connectivity index is 3.04. The van der Waals surface area contributed by atoms with E-state index in [4.69, 9.17) is 16.7 Å². The number of halogens is 1. The van der Waals surface area contributed by atoms with Crippen LogP contribution >= 0.6 is 11.6 Å². The number of rotatable bonds is 2. The summed E-state index contributed by atoms with van der Waals surface area (Å²) < 4.78 is 0. The molecule has 12 heavy (non-hydrogen) atoms. The van der Waals surface area contributed by atoms with Gasteiger partial charge in [-0.15, -0.1) is 0 Å². The molecule has 0 unspecified atom stereocenters. The number of hydrogen-bond acceptors (Lipinski definition) is 4. The van der Waals surface area contributed by atoms with Crippen LogP contribution in [0.5, 0.6) is 0 Å². The molecule has 0 spiro atoms. The predicted octanol–water partition coefficient (Wildman–Crippen LogP) is 0.397. The Labute approximate surface area is 72.0 Å². The summed E-state index contributed by atoms with van der Waals surface area (Å²) in [6.07, 6.45) is 1.21. The summed E-state index contributed by atoms with van der Waals surface area (Å²) in [4.78, 5) is 27.8. The maximum absolute atomic E-state index is 10.7. The lowest BCUT2D eigenvalue weighted by Gasteiger charge is -1.93. The van der Waals surface area contributed by atoms with Crippen molar-refractivity contribution in [1.29, 1.82) is 0 Å². The van der Waals surface area contributed by atoms with Crippen LogP contribution in [0.4, 0.5) is 0 Å². The molecule has 0 atom stereocenters. The molecule has 0 bridgehead atoms. The number of Topliss-reactive ketones (excluding diaryl/α,β-unsaturated/α-hetero) is 1. The second kappa shape index (κ2) is 3.27. The lowest BCUT2D eigenvalue weighted by molar-refractivity contribution is -0.131. The van der Waals surface area contributed by atoms with Gasteiger partial charge < -0.3 is 5.11 Å². The molecule has 1 aromatic heterocycles. The quantitative estimate of drug-likeness (QED) is 0.411. The molecule has 0 fully saturated rings. The maximum Gasteiger partial charge on any atom is 0.378 e. The second-order valence-corrected chi connectivity index (χ2v) is 2.18.